The van der Waals surface area contributed by atoms with E-state index in [4.69, 9.17) is 0 Å². The number of amides is 1. The van der Waals surface area contributed by atoms with Crippen molar-refractivity contribution in [3.63, 3.8) is 0 Å². The maximum absolute atomic E-state index is 12.1. The third kappa shape index (κ3) is 4.27. The van der Waals surface area contributed by atoms with Crippen molar-refractivity contribution >= 4 is 22.4 Å². The van der Waals surface area contributed by atoms with E-state index >= 15 is 0 Å². The molecule has 2 aromatic carbocycles. The van der Waals surface area contributed by atoms with Crippen LogP contribution in [0.5, 0.6) is 0 Å². The molecule has 4 heteroatoms. The molecule has 0 unspecified atom stereocenters. The minimum atomic E-state index is -0.0313. The Bertz CT molecular complexity index is 782. The summed E-state index contributed by atoms with van der Waals surface area (Å²) in [5.41, 5.74) is 3.23. The summed E-state index contributed by atoms with van der Waals surface area (Å²) >= 11 is 1.55. The molecule has 0 radical (unpaired) electrons. The molecule has 1 N–H and O–H groups in total. The van der Waals surface area contributed by atoms with Gasteiger partial charge in [0, 0.05) is 11.3 Å². The molecular weight excluding hydrogens is 304 g/mol. The minimum absolute atomic E-state index is 0.0313. The fraction of sp³-hybridized carbons (Fsp3) is 0.158. The first kappa shape index (κ1) is 15.4. The Hall–Kier alpha value is -2.46. The van der Waals surface area contributed by atoms with Gasteiger partial charge in [-0.15, -0.1) is 11.3 Å². The lowest BCUT2D eigenvalue weighted by molar-refractivity contribution is -0.115. The number of carbonyl (C=O) groups excluding carboxylic acids is 1. The molecule has 23 heavy (non-hydrogen) atoms. The highest BCUT2D eigenvalue weighted by atomic mass is 32.1. The zero-order chi connectivity index (χ0) is 16.1. The van der Waals surface area contributed by atoms with Gasteiger partial charge in [-0.2, -0.15) is 0 Å². The third-order valence-electron chi connectivity index (χ3n) is 3.55. The summed E-state index contributed by atoms with van der Waals surface area (Å²) in [5.74, 6) is -0.0313. The van der Waals surface area contributed by atoms with Gasteiger partial charge < -0.3 is 5.32 Å². The van der Waals surface area contributed by atoms with Gasteiger partial charge in [0.05, 0.1) is 12.1 Å². The van der Waals surface area contributed by atoms with Crippen LogP contribution in [0.2, 0.25) is 0 Å². The molecule has 3 nitrogen and oxygen atoms in total. The summed E-state index contributed by atoms with van der Waals surface area (Å²) in [4.78, 5) is 17.8. The quantitative estimate of drug-likeness (QED) is 0.764. The van der Waals surface area contributed by atoms with Crippen LogP contribution in [-0.2, 0) is 17.6 Å². The number of aromatic nitrogens is 1. The Morgan fingerprint density at radius 2 is 1.61 bits per heavy atom. The molecule has 0 saturated heterocycles. The normalized spacial score (nSPS) is 10.5. The maximum Gasteiger partial charge on any atom is 0.230 e. The SMILES string of the molecule is Cc1nc(NC(=O)Cc2ccccc2)sc1Cc1ccccc1. The number of nitrogens with one attached hydrogen (secondary N) is 1. The minimum Gasteiger partial charge on any atom is -0.302 e. The van der Waals surface area contributed by atoms with Crippen molar-refractivity contribution in [2.45, 2.75) is 19.8 Å². The van der Waals surface area contributed by atoms with E-state index < -0.39 is 0 Å². The summed E-state index contributed by atoms with van der Waals surface area (Å²) < 4.78 is 0. The van der Waals surface area contributed by atoms with Gasteiger partial charge in [-0.25, -0.2) is 4.98 Å². The van der Waals surface area contributed by atoms with E-state index in [2.05, 4.69) is 22.4 Å². The van der Waals surface area contributed by atoms with Crippen LogP contribution < -0.4 is 5.32 Å². The first-order valence-corrected chi connectivity index (χ1v) is 8.36. The highest BCUT2D eigenvalue weighted by Crippen LogP contribution is 2.25. The average molecular weight is 322 g/mol. The van der Waals surface area contributed by atoms with E-state index in [1.165, 1.54) is 10.4 Å². The Morgan fingerprint density at radius 3 is 2.26 bits per heavy atom. The van der Waals surface area contributed by atoms with Crippen molar-refractivity contribution in [3.8, 4) is 0 Å². The standard InChI is InChI=1S/C19H18N2OS/c1-14-17(12-15-8-4-2-5-9-15)23-19(20-14)21-18(22)13-16-10-6-3-7-11-16/h2-11H,12-13H2,1H3,(H,20,21,22). The summed E-state index contributed by atoms with van der Waals surface area (Å²) in [6, 6.07) is 20.0. The van der Waals surface area contributed by atoms with E-state index in [1.807, 2.05) is 55.5 Å². The first-order valence-electron chi connectivity index (χ1n) is 7.55. The number of nitrogens with zero attached hydrogens (tertiary/aromatic N) is 1. The molecule has 116 valence electrons. The molecule has 3 aromatic rings. The number of hydrogen-bond donors (Lipinski definition) is 1. The summed E-state index contributed by atoms with van der Waals surface area (Å²) in [7, 11) is 0. The van der Waals surface area contributed by atoms with Crippen LogP contribution in [0.3, 0.4) is 0 Å². The van der Waals surface area contributed by atoms with Gasteiger partial charge in [0.1, 0.15) is 0 Å². The monoisotopic (exact) mass is 322 g/mol. The van der Waals surface area contributed by atoms with Crippen LogP contribution in [0, 0.1) is 6.92 Å². The maximum atomic E-state index is 12.1. The zero-order valence-corrected chi connectivity index (χ0v) is 13.8. The Kier molecular flexibility index (Phi) is 4.83. The van der Waals surface area contributed by atoms with Gasteiger partial charge in [0.2, 0.25) is 5.91 Å². The van der Waals surface area contributed by atoms with Crippen molar-refractivity contribution in [1.82, 2.24) is 4.98 Å². The molecule has 3 rings (SSSR count). The number of carbonyl (C=O) groups is 1. The molecule has 0 aliphatic carbocycles. The average Bonchev–Trinajstić information content (AvgIpc) is 2.88. The molecule has 0 aliphatic heterocycles. The van der Waals surface area contributed by atoms with E-state index in [0.29, 0.717) is 11.6 Å². The molecule has 0 saturated carbocycles. The molecule has 1 heterocycles. The second-order valence-corrected chi connectivity index (χ2v) is 6.48. The summed E-state index contributed by atoms with van der Waals surface area (Å²) in [5, 5.41) is 3.58. The Balaban J connectivity index is 1.65. The lowest BCUT2D eigenvalue weighted by Crippen LogP contribution is -2.14. The second-order valence-electron chi connectivity index (χ2n) is 5.40. The van der Waals surface area contributed by atoms with Crippen LogP contribution in [0.15, 0.2) is 60.7 Å². The number of thiazole rings is 1. The third-order valence-corrected chi connectivity index (χ3v) is 4.63. The molecule has 0 fully saturated rings. The fourth-order valence-electron chi connectivity index (χ4n) is 2.37. The predicted molar refractivity (Wildman–Crippen MR) is 94.9 cm³/mol. The summed E-state index contributed by atoms with van der Waals surface area (Å²) in [6.07, 6.45) is 1.21. The van der Waals surface area contributed by atoms with Gasteiger partial charge in [-0.1, -0.05) is 60.7 Å². The zero-order valence-electron chi connectivity index (χ0n) is 13.0. The van der Waals surface area contributed by atoms with Crippen LogP contribution in [0.4, 0.5) is 5.13 Å². The van der Waals surface area contributed by atoms with Crippen molar-refractivity contribution in [3.05, 3.63) is 82.4 Å². The highest BCUT2D eigenvalue weighted by Gasteiger charge is 2.11. The van der Waals surface area contributed by atoms with Gasteiger partial charge in [0.15, 0.2) is 5.13 Å². The van der Waals surface area contributed by atoms with E-state index in [9.17, 15) is 4.79 Å². The van der Waals surface area contributed by atoms with Gasteiger partial charge in [-0.3, -0.25) is 4.79 Å². The van der Waals surface area contributed by atoms with Gasteiger partial charge in [0.25, 0.3) is 0 Å². The number of hydrogen-bond acceptors (Lipinski definition) is 3. The Morgan fingerprint density at radius 1 is 1.00 bits per heavy atom. The number of benzene rings is 2. The van der Waals surface area contributed by atoms with Gasteiger partial charge in [-0.05, 0) is 18.1 Å². The molecule has 1 aromatic heterocycles. The van der Waals surface area contributed by atoms with Crippen LogP contribution in [-0.4, -0.2) is 10.9 Å². The molecule has 0 aliphatic rings. The van der Waals surface area contributed by atoms with Crippen molar-refractivity contribution in [2.75, 3.05) is 5.32 Å². The molecule has 0 spiro atoms. The second kappa shape index (κ2) is 7.20. The first-order chi connectivity index (χ1) is 11.2. The summed E-state index contributed by atoms with van der Waals surface area (Å²) in [6.45, 7) is 1.99. The molecule has 0 bridgehead atoms. The number of anilines is 1. The smallest absolute Gasteiger partial charge is 0.230 e. The Labute approximate surface area is 140 Å². The van der Waals surface area contributed by atoms with E-state index in [1.54, 1.807) is 11.3 Å². The van der Waals surface area contributed by atoms with E-state index in [-0.39, 0.29) is 5.91 Å². The van der Waals surface area contributed by atoms with Gasteiger partial charge >= 0.3 is 0 Å². The number of aryl methyl sites for hydroxylation is 1. The lowest BCUT2D eigenvalue weighted by Gasteiger charge is -2.01. The van der Waals surface area contributed by atoms with Crippen LogP contribution in [0.1, 0.15) is 21.7 Å². The lowest BCUT2D eigenvalue weighted by atomic mass is 10.1. The fourth-order valence-corrected chi connectivity index (χ4v) is 3.38. The van der Waals surface area contributed by atoms with Crippen LogP contribution in [0.25, 0.3) is 0 Å². The topological polar surface area (TPSA) is 42.0 Å². The van der Waals surface area contributed by atoms with Crippen molar-refractivity contribution in [1.29, 1.82) is 0 Å². The van der Waals surface area contributed by atoms with Crippen molar-refractivity contribution in [2.24, 2.45) is 0 Å². The highest BCUT2D eigenvalue weighted by molar-refractivity contribution is 7.15. The molecule has 1 amide bonds. The molecule has 0 atom stereocenters. The largest absolute Gasteiger partial charge is 0.302 e. The van der Waals surface area contributed by atoms with Crippen LogP contribution >= 0.6 is 11.3 Å². The van der Waals surface area contributed by atoms with Crippen molar-refractivity contribution < 1.29 is 4.79 Å². The predicted octanol–water partition coefficient (Wildman–Crippen LogP) is 4.22. The molecular formula is C19H18N2OS. The van der Waals surface area contributed by atoms with E-state index in [0.717, 1.165) is 17.7 Å². The number of rotatable bonds is 5.